The Labute approximate surface area is 195 Å². The van der Waals surface area contributed by atoms with Gasteiger partial charge in [-0.2, -0.15) is 0 Å². The highest BCUT2D eigenvalue weighted by Gasteiger charge is 2.30. The fraction of sp³-hybridized carbons (Fsp3) is 0.321. The summed E-state index contributed by atoms with van der Waals surface area (Å²) in [5.41, 5.74) is 7.28. The molecule has 2 aliphatic rings. The van der Waals surface area contributed by atoms with Gasteiger partial charge in [0.1, 0.15) is 0 Å². The summed E-state index contributed by atoms with van der Waals surface area (Å²) in [7, 11) is 0. The van der Waals surface area contributed by atoms with E-state index in [1.165, 1.54) is 27.8 Å². The predicted molar refractivity (Wildman–Crippen MR) is 129 cm³/mol. The number of aryl methyl sites for hydroxylation is 2. The molecule has 5 nitrogen and oxygen atoms in total. The maximum Gasteiger partial charge on any atom is 0.237 e. The van der Waals surface area contributed by atoms with Gasteiger partial charge in [-0.15, -0.1) is 0 Å². The van der Waals surface area contributed by atoms with E-state index in [-0.39, 0.29) is 18.7 Å². The maximum absolute atomic E-state index is 12.9. The van der Waals surface area contributed by atoms with Crippen LogP contribution in [0.3, 0.4) is 0 Å². The molecule has 1 fully saturated rings. The van der Waals surface area contributed by atoms with E-state index in [2.05, 4.69) is 66.5 Å². The molecule has 33 heavy (non-hydrogen) atoms. The van der Waals surface area contributed by atoms with Crippen molar-refractivity contribution >= 4 is 5.91 Å². The van der Waals surface area contributed by atoms with Gasteiger partial charge in [-0.25, -0.2) is 0 Å². The van der Waals surface area contributed by atoms with Gasteiger partial charge in [0.25, 0.3) is 0 Å². The molecule has 1 N–H and O–H groups in total. The molecule has 1 amide bonds. The molecule has 0 bridgehead atoms. The first-order chi connectivity index (χ1) is 16.0. The number of fused-ring (bicyclic) bond motifs is 1. The molecule has 1 atom stereocenters. The summed E-state index contributed by atoms with van der Waals surface area (Å²) in [6, 6.07) is 21.1. The number of hydrogen-bond donors (Lipinski definition) is 1. The number of ether oxygens (including phenoxy) is 2. The standard InChI is InChI=1S/C28H30N2O3/c1-19-12-20(2)14-24(13-19)23-8-5-21(6-9-23)17-30-11-3-4-25(30)28(31)29-16-22-7-10-26-27(15-22)33-18-32-26/h5-10,12-15,25H,3-4,11,16-18H2,1-2H3,(H,29,31). The molecule has 0 spiro atoms. The average Bonchev–Trinajstić information content (AvgIpc) is 3.46. The zero-order chi connectivity index (χ0) is 22.8. The lowest BCUT2D eigenvalue weighted by Crippen LogP contribution is -2.42. The number of nitrogens with one attached hydrogen (secondary N) is 1. The van der Waals surface area contributed by atoms with Crippen molar-refractivity contribution in [1.29, 1.82) is 0 Å². The van der Waals surface area contributed by atoms with Gasteiger partial charge < -0.3 is 14.8 Å². The van der Waals surface area contributed by atoms with E-state index in [1.807, 2.05) is 18.2 Å². The Morgan fingerprint density at radius 1 is 0.909 bits per heavy atom. The van der Waals surface area contributed by atoms with E-state index in [0.29, 0.717) is 6.54 Å². The molecule has 0 radical (unpaired) electrons. The van der Waals surface area contributed by atoms with E-state index < -0.39 is 0 Å². The van der Waals surface area contributed by atoms with E-state index >= 15 is 0 Å². The molecule has 0 saturated carbocycles. The number of hydrogen-bond acceptors (Lipinski definition) is 4. The Kier molecular flexibility index (Phi) is 6.05. The van der Waals surface area contributed by atoms with E-state index in [9.17, 15) is 4.79 Å². The predicted octanol–water partition coefficient (Wildman–Crippen LogP) is 4.98. The van der Waals surface area contributed by atoms with Crippen LogP contribution in [0, 0.1) is 13.8 Å². The molecule has 170 valence electrons. The topological polar surface area (TPSA) is 50.8 Å². The Morgan fingerprint density at radius 3 is 2.42 bits per heavy atom. The largest absolute Gasteiger partial charge is 0.454 e. The quantitative estimate of drug-likeness (QED) is 0.585. The third-order valence-electron chi connectivity index (χ3n) is 6.46. The zero-order valence-electron chi connectivity index (χ0n) is 19.3. The second kappa shape index (κ2) is 9.28. The molecule has 1 saturated heterocycles. The summed E-state index contributed by atoms with van der Waals surface area (Å²) in [5, 5.41) is 3.11. The summed E-state index contributed by atoms with van der Waals surface area (Å²) < 4.78 is 10.8. The maximum atomic E-state index is 12.9. The first-order valence-corrected chi connectivity index (χ1v) is 11.6. The third-order valence-corrected chi connectivity index (χ3v) is 6.46. The number of amides is 1. The van der Waals surface area contributed by atoms with Gasteiger partial charge in [0.05, 0.1) is 6.04 Å². The molecule has 2 heterocycles. The van der Waals surface area contributed by atoms with Crippen molar-refractivity contribution < 1.29 is 14.3 Å². The van der Waals surface area contributed by atoms with E-state index in [0.717, 1.165) is 43.0 Å². The van der Waals surface area contributed by atoms with Gasteiger partial charge in [0.15, 0.2) is 11.5 Å². The normalized spacial score (nSPS) is 17.3. The SMILES string of the molecule is Cc1cc(C)cc(-c2ccc(CN3CCCC3C(=O)NCc3ccc4c(c3)OCO4)cc2)c1. The summed E-state index contributed by atoms with van der Waals surface area (Å²) in [6.07, 6.45) is 1.94. The molecule has 0 aliphatic carbocycles. The van der Waals surface area contributed by atoms with Gasteiger partial charge in [-0.05, 0) is 67.6 Å². The van der Waals surface area contributed by atoms with Crippen molar-refractivity contribution in [3.63, 3.8) is 0 Å². The third kappa shape index (κ3) is 4.88. The minimum absolute atomic E-state index is 0.0851. The molecule has 0 aromatic heterocycles. The van der Waals surface area contributed by atoms with Gasteiger partial charge >= 0.3 is 0 Å². The van der Waals surface area contributed by atoms with Gasteiger partial charge in [0.2, 0.25) is 12.7 Å². The highest BCUT2D eigenvalue weighted by molar-refractivity contribution is 5.82. The van der Waals surface area contributed by atoms with Gasteiger partial charge in [-0.1, -0.05) is 59.7 Å². The van der Waals surface area contributed by atoms with Crippen LogP contribution in [0.4, 0.5) is 0 Å². The van der Waals surface area contributed by atoms with Crippen LogP contribution >= 0.6 is 0 Å². The fourth-order valence-electron chi connectivity index (χ4n) is 4.85. The zero-order valence-corrected chi connectivity index (χ0v) is 19.3. The van der Waals surface area contributed by atoms with Crippen LogP contribution in [0.2, 0.25) is 0 Å². The fourth-order valence-corrected chi connectivity index (χ4v) is 4.85. The van der Waals surface area contributed by atoms with E-state index in [1.54, 1.807) is 0 Å². The number of carbonyl (C=O) groups is 1. The van der Waals surface area contributed by atoms with Crippen LogP contribution in [-0.2, 0) is 17.9 Å². The van der Waals surface area contributed by atoms with Crippen molar-refractivity contribution in [2.75, 3.05) is 13.3 Å². The lowest BCUT2D eigenvalue weighted by Gasteiger charge is -2.24. The Hall–Kier alpha value is -3.31. The smallest absolute Gasteiger partial charge is 0.237 e. The van der Waals surface area contributed by atoms with Crippen molar-refractivity contribution in [3.05, 3.63) is 82.9 Å². The Morgan fingerprint density at radius 2 is 1.64 bits per heavy atom. The molecule has 1 unspecified atom stereocenters. The number of likely N-dealkylation sites (tertiary alicyclic amines) is 1. The van der Waals surface area contributed by atoms with Gasteiger partial charge in [-0.3, -0.25) is 9.69 Å². The molecule has 3 aromatic rings. The van der Waals surface area contributed by atoms with Crippen LogP contribution in [-0.4, -0.2) is 30.2 Å². The average molecular weight is 443 g/mol. The Bertz CT molecular complexity index is 1140. The second-order valence-corrected chi connectivity index (χ2v) is 9.11. The molecular formula is C28H30N2O3. The molecular weight excluding hydrogens is 412 g/mol. The number of rotatable bonds is 6. The monoisotopic (exact) mass is 442 g/mol. The van der Waals surface area contributed by atoms with Gasteiger partial charge in [0, 0.05) is 13.1 Å². The summed E-state index contributed by atoms with van der Waals surface area (Å²) in [4.78, 5) is 15.2. The van der Waals surface area contributed by atoms with Crippen LogP contribution in [0.25, 0.3) is 11.1 Å². The molecule has 2 aliphatic heterocycles. The minimum Gasteiger partial charge on any atom is -0.454 e. The van der Waals surface area contributed by atoms with E-state index in [4.69, 9.17) is 9.47 Å². The first kappa shape index (κ1) is 21.5. The highest BCUT2D eigenvalue weighted by Crippen LogP contribution is 2.32. The number of nitrogens with zero attached hydrogens (tertiary/aromatic N) is 1. The number of carbonyl (C=O) groups excluding carboxylic acids is 1. The second-order valence-electron chi connectivity index (χ2n) is 9.11. The molecule has 3 aromatic carbocycles. The lowest BCUT2D eigenvalue weighted by atomic mass is 9.99. The Balaban J connectivity index is 1.20. The molecule has 5 rings (SSSR count). The van der Waals surface area contributed by atoms with Crippen molar-refractivity contribution in [2.24, 2.45) is 0 Å². The van der Waals surface area contributed by atoms with Crippen LogP contribution in [0.15, 0.2) is 60.7 Å². The highest BCUT2D eigenvalue weighted by atomic mass is 16.7. The van der Waals surface area contributed by atoms with Crippen LogP contribution in [0.1, 0.15) is 35.1 Å². The van der Waals surface area contributed by atoms with Crippen molar-refractivity contribution in [1.82, 2.24) is 10.2 Å². The number of benzene rings is 3. The summed E-state index contributed by atoms with van der Waals surface area (Å²) in [6.45, 7) is 6.75. The first-order valence-electron chi connectivity index (χ1n) is 11.6. The van der Waals surface area contributed by atoms with Crippen molar-refractivity contribution in [3.8, 4) is 22.6 Å². The van der Waals surface area contributed by atoms with Crippen LogP contribution in [0.5, 0.6) is 11.5 Å². The summed E-state index contributed by atoms with van der Waals surface area (Å²) >= 11 is 0. The lowest BCUT2D eigenvalue weighted by molar-refractivity contribution is -0.125. The molecule has 5 heteroatoms. The summed E-state index contributed by atoms with van der Waals surface area (Å²) in [5.74, 6) is 1.60. The van der Waals surface area contributed by atoms with Crippen molar-refractivity contribution in [2.45, 2.75) is 45.8 Å². The minimum atomic E-state index is -0.0851. The van der Waals surface area contributed by atoms with Crippen LogP contribution < -0.4 is 14.8 Å².